The number of aromatic nitrogens is 6. The van der Waals surface area contributed by atoms with Gasteiger partial charge in [0.25, 0.3) is 0 Å². The standard InChI is InChI=1S/C45H48F2N10O5/c1-53-43-36(8-5-9-38(43)57(45(53)61)39-11-12-40(58)52-44(39)60)48-15-3-2-10-41(59)55-16-13-30(14-17-55)56-26-29(24-50-56)37-25-49-35-7-4-6-31(42(35)51-37)28-22-33(46)32(34(47)23-28)27-54-18-20-62-21-19-54/h4-9,22-26,30,39,48H,2-3,10-21,27H2,1H3,(H,52,58,60). The molecule has 3 aromatic carbocycles. The minimum absolute atomic E-state index is 0.0412. The molecule has 6 aromatic rings. The number of benzene rings is 3. The lowest BCUT2D eigenvalue weighted by molar-refractivity contribution is -0.136. The second kappa shape index (κ2) is 17.6. The first-order valence-corrected chi connectivity index (χ1v) is 21.3. The molecule has 3 amide bonds. The summed E-state index contributed by atoms with van der Waals surface area (Å²) in [5.74, 6) is -1.89. The van der Waals surface area contributed by atoms with Crippen LogP contribution in [0.5, 0.6) is 0 Å². The summed E-state index contributed by atoms with van der Waals surface area (Å²) in [6.07, 6.45) is 9.17. The number of para-hydroxylation sites is 2. The van der Waals surface area contributed by atoms with Crippen LogP contribution in [0.4, 0.5) is 14.5 Å². The van der Waals surface area contributed by atoms with Crippen LogP contribution in [0.1, 0.15) is 62.6 Å². The number of likely N-dealkylation sites (tertiary alicyclic amines) is 1. The Labute approximate surface area is 355 Å². The van der Waals surface area contributed by atoms with Gasteiger partial charge in [-0.3, -0.25) is 43.4 Å². The summed E-state index contributed by atoms with van der Waals surface area (Å²) in [6, 6.07) is 13.0. The molecule has 17 heteroatoms. The summed E-state index contributed by atoms with van der Waals surface area (Å²) >= 11 is 0. The molecule has 0 bridgehead atoms. The zero-order chi connectivity index (χ0) is 42.9. The summed E-state index contributed by atoms with van der Waals surface area (Å²) < 4.78 is 41.1. The molecular formula is C45H48F2N10O5. The summed E-state index contributed by atoms with van der Waals surface area (Å²) in [5, 5.41) is 10.4. The van der Waals surface area contributed by atoms with Crippen LogP contribution in [0.2, 0.25) is 0 Å². The number of carbonyl (C=O) groups excluding carboxylic acids is 3. The summed E-state index contributed by atoms with van der Waals surface area (Å²) in [4.78, 5) is 64.2. The van der Waals surface area contributed by atoms with Crippen molar-refractivity contribution in [3.8, 4) is 22.4 Å². The van der Waals surface area contributed by atoms with Gasteiger partial charge >= 0.3 is 5.69 Å². The molecule has 0 radical (unpaired) electrons. The molecule has 6 heterocycles. The Kier molecular flexibility index (Phi) is 11.6. The fourth-order valence-corrected chi connectivity index (χ4v) is 8.94. The number of hydrogen-bond donors (Lipinski definition) is 2. The van der Waals surface area contributed by atoms with Crippen molar-refractivity contribution in [1.29, 1.82) is 0 Å². The Bertz CT molecular complexity index is 2710. The van der Waals surface area contributed by atoms with E-state index in [0.717, 1.165) is 30.5 Å². The van der Waals surface area contributed by atoms with Gasteiger partial charge in [0, 0.05) is 82.0 Å². The molecule has 3 aliphatic rings. The second-order valence-electron chi connectivity index (χ2n) is 16.3. The first kappa shape index (κ1) is 41.0. The normalized spacial score (nSPS) is 17.9. The van der Waals surface area contributed by atoms with E-state index in [-0.39, 0.29) is 48.5 Å². The highest BCUT2D eigenvalue weighted by Gasteiger charge is 2.32. The molecule has 1 unspecified atom stereocenters. The molecule has 9 rings (SSSR count). The lowest BCUT2D eigenvalue weighted by Crippen LogP contribution is -2.44. The Balaban J connectivity index is 0.783. The molecule has 3 fully saturated rings. The highest BCUT2D eigenvalue weighted by atomic mass is 19.1. The van der Waals surface area contributed by atoms with Crippen molar-refractivity contribution >= 4 is 45.5 Å². The number of piperidine rings is 2. The zero-order valence-electron chi connectivity index (χ0n) is 34.5. The number of amides is 3. The Morgan fingerprint density at radius 1 is 0.935 bits per heavy atom. The minimum atomic E-state index is -0.752. The second-order valence-corrected chi connectivity index (χ2v) is 16.3. The predicted octanol–water partition coefficient (Wildman–Crippen LogP) is 5.35. The van der Waals surface area contributed by atoms with E-state index in [9.17, 15) is 19.2 Å². The number of carbonyl (C=O) groups is 3. The van der Waals surface area contributed by atoms with E-state index in [1.165, 1.54) is 21.3 Å². The summed E-state index contributed by atoms with van der Waals surface area (Å²) in [7, 11) is 1.67. The number of imidazole rings is 1. The third kappa shape index (κ3) is 8.21. The molecule has 1 atom stereocenters. The van der Waals surface area contributed by atoms with Gasteiger partial charge in [0.2, 0.25) is 17.7 Å². The topological polar surface area (TPSA) is 162 Å². The van der Waals surface area contributed by atoms with Crippen molar-refractivity contribution in [2.24, 2.45) is 7.05 Å². The molecule has 2 N–H and O–H groups in total. The fourth-order valence-electron chi connectivity index (χ4n) is 8.94. The van der Waals surface area contributed by atoms with Crippen LogP contribution in [0.15, 0.2) is 71.9 Å². The molecule has 0 spiro atoms. The number of nitrogens with one attached hydrogen (secondary N) is 2. The van der Waals surface area contributed by atoms with Crippen LogP contribution >= 0.6 is 0 Å². The van der Waals surface area contributed by atoms with E-state index in [4.69, 9.17) is 9.72 Å². The number of hydrogen-bond acceptors (Lipinski definition) is 10. The van der Waals surface area contributed by atoms with Crippen LogP contribution in [-0.4, -0.2) is 102 Å². The zero-order valence-corrected chi connectivity index (χ0v) is 34.5. The lowest BCUT2D eigenvalue weighted by atomic mass is 10.0. The van der Waals surface area contributed by atoms with Crippen LogP contribution < -0.4 is 16.3 Å². The van der Waals surface area contributed by atoms with Crippen molar-refractivity contribution in [3.05, 3.63) is 94.8 Å². The number of morpholine rings is 1. The Morgan fingerprint density at radius 2 is 1.71 bits per heavy atom. The maximum Gasteiger partial charge on any atom is 0.329 e. The van der Waals surface area contributed by atoms with E-state index in [1.54, 1.807) is 37.6 Å². The van der Waals surface area contributed by atoms with Crippen LogP contribution in [0.3, 0.4) is 0 Å². The predicted molar refractivity (Wildman–Crippen MR) is 228 cm³/mol. The highest BCUT2D eigenvalue weighted by Crippen LogP contribution is 2.33. The van der Waals surface area contributed by atoms with Gasteiger partial charge < -0.3 is 15.0 Å². The molecule has 322 valence electrons. The third-order valence-corrected chi connectivity index (χ3v) is 12.4. The minimum Gasteiger partial charge on any atom is -0.383 e. The third-order valence-electron chi connectivity index (χ3n) is 12.4. The number of anilines is 1. The van der Waals surface area contributed by atoms with Gasteiger partial charge in [-0.05, 0) is 68.0 Å². The van der Waals surface area contributed by atoms with Gasteiger partial charge in [0.15, 0.2) is 0 Å². The highest BCUT2D eigenvalue weighted by molar-refractivity contribution is 6.00. The SMILES string of the molecule is Cn1c(=O)n(C2CCC(=O)NC2=O)c2cccc(NCCCCC(=O)N3CCC(n4cc(-c5cnc6cccc(-c7cc(F)c(CN8CCOCC8)c(F)c7)c6n5)cn4)CC3)c21. The van der Waals surface area contributed by atoms with E-state index in [1.807, 2.05) is 38.9 Å². The van der Waals surface area contributed by atoms with Gasteiger partial charge in [-0.15, -0.1) is 0 Å². The van der Waals surface area contributed by atoms with Crippen molar-refractivity contribution in [3.63, 3.8) is 0 Å². The number of fused-ring (bicyclic) bond motifs is 2. The van der Waals surface area contributed by atoms with Crippen molar-refractivity contribution in [2.45, 2.75) is 63.6 Å². The number of nitrogens with zero attached hydrogens (tertiary/aromatic N) is 8. The van der Waals surface area contributed by atoms with Crippen molar-refractivity contribution in [1.82, 2.24) is 44.0 Å². The molecule has 0 saturated carbocycles. The van der Waals surface area contributed by atoms with Crippen LogP contribution in [0, 0.1) is 11.6 Å². The smallest absolute Gasteiger partial charge is 0.329 e. The molecular weight excluding hydrogens is 799 g/mol. The van der Waals surface area contributed by atoms with Gasteiger partial charge in [0.05, 0.1) is 65.1 Å². The van der Waals surface area contributed by atoms with Gasteiger partial charge in [0.1, 0.15) is 17.7 Å². The van der Waals surface area contributed by atoms with E-state index in [2.05, 4.69) is 20.7 Å². The number of rotatable bonds is 12. The molecule has 15 nitrogen and oxygen atoms in total. The van der Waals surface area contributed by atoms with E-state index in [0.29, 0.717) is 97.7 Å². The Hall–Kier alpha value is -6.33. The average Bonchev–Trinajstić information content (AvgIpc) is 3.88. The van der Waals surface area contributed by atoms with Gasteiger partial charge in [-0.2, -0.15) is 5.10 Å². The van der Waals surface area contributed by atoms with Crippen molar-refractivity contribution in [2.75, 3.05) is 51.3 Å². The van der Waals surface area contributed by atoms with E-state index >= 15 is 8.78 Å². The first-order chi connectivity index (χ1) is 30.1. The van der Waals surface area contributed by atoms with Crippen molar-refractivity contribution < 1.29 is 27.9 Å². The molecule has 0 aliphatic carbocycles. The molecule has 3 aromatic heterocycles. The quantitative estimate of drug-likeness (QED) is 0.121. The molecule has 62 heavy (non-hydrogen) atoms. The monoisotopic (exact) mass is 846 g/mol. The van der Waals surface area contributed by atoms with Gasteiger partial charge in [-0.1, -0.05) is 18.2 Å². The van der Waals surface area contributed by atoms with E-state index < -0.39 is 23.6 Å². The number of halogens is 2. The summed E-state index contributed by atoms with van der Waals surface area (Å²) in [6.45, 7) is 4.35. The summed E-state index contributed by atoms with van der Waals surface area (Å²) in [5.41, 5.74) is 5.25. The Morgan fingerprint density at radius 3 is 2.48 bits per heavy atom. The lowest BCUT2D eigenvalue weighted by Gasteiger charge is -2.32. The number of unbranched alkanes of at least 4 members (excludes halogenated alkanes) is 1. The molecule has 3 saturated heterocycles. The number of ether oxygens (including phenoxy) is 1. The van der Waals surface area contributed by atoms with Gasteiger partial charge in [-0.25, -0.2) is 18.6 Å². The number of imide groups is 1. The average molecular weight is 847 g/mol. The maximum atomic E-state index is 15.4. The fraction of sp³-hybridized carbons (Fsp3) is 0.400. The number of aryl methyl sites for hydroxylation is 1. The van der Waals surface area contributed by atoms with Crippen LogP contribution in [0.25, 0.3) is 44.5 Å². The first-order valence-electron chi connectivity index (χ1n) is 21.3. The largest absolute Gasteiger partial charge is 0.383 e. The molecule has 3 aliphatic heterocycles. The van der Waals surface area contributed by atoms with Crippen LogP contribution in [-0.2, 0) is 32.7 Å². The maximum absolute atomic E-state index is 15.4.